The SMILES string of the molecule is O=S(=O)(NCc1ccc(Cl)s1)c1ccc(F)c(CO)c1F. The van der Waals surface area contributed by atoms with E-state index in [1.54, 1.807) is 12.1 Å². The van der Waals surface area contributed by atoms with Gasteiger partial charge in [0.15, 0.2) is 5.82 Å². The van der Waals surface area contributed by atoms with Crippen LogP contribution in [0.15, 0.2) is 29.2 Å². The van der Waals surface area contributed by atoms with Crippen LogP contribution in [0.3, 0.4) is 0 Å². The average Bonchev–Trinajstić information content (AvgIpc) is 2.83. The fourth-order valence-electron chi connectivity index (χ4n) is 1.62. The minimum atomic E-state index is -4.17. The number of sulfonamides is 1. The fraction of sp³-hybridized carbons (Fsp3) is 0.167. The first kappa shape index (κ1) is 16.3. The molecule has 2 N–H and O–H groups in total. The third kappa shape index (κ3) is 3.58. The van der Waals surface area contributed by atoms with E-state index in [2.05, 4.69) is 4.72 Å². The predicted molar refractivity (Wildman–Crippen MR) is 75.6 cm³/mol. The molecule has 0 spiro atoms. The Morgan fingerprint density at radius 2 is 1.95 bits per heavy atom. The minimum Gasteiger partial charge on any atom is -0.391 e. The van der Waals surface area contributed by atoms with Crippen molar-refractivity contribution in [2.75, 3.05) is 0 Å². The van der Waals surface area contributed by atoms with Gasteiger partial charge in [0.2, 0.25) is 10.0 Å². The molecule has 0 aliphatic heterocycles. The second kappa shape index (κ2) is 6.37. The number of rotatable bonds is 5. The zero-order valence-corrected chi connectivity index (χ0v) is 12.8. The highest BCUT2D eigenvalue weighted by Gasteiger charge is 2.23. The number of halogens is 3. The largest absolute Gasteiger partial charge is 0.391 e. The van der Waals surface area contributed by atoms with E-state index in [0.29, 0.717) is 9.21 Å². The molecule has 0 fully saturated rings. The van der Waals surface area contributed by atoms with Gasteiger partial charge in [-0.2, -0.15) is 0 Å². The quantitative estimate of drug-likeness (QED) is 0.868. The summed E-state index contributed by atoms with van der Waals surface area (Å²) in [4.78, 5) is -0.0657. The van der Waals surface area contributed by atoms with Crippen molar-refractivity contribution in [3.8, 4) is 0 Å². The summed E-state index contributed by atoms with van der Waals surface area (Å²) in [5.41, 5.74) is -0.683. The van der Waals surface area contributed by atoms with Crippen LogP contribution in [0, 0.1) is 11.6 Å². The van der Waals surface area contributed by atoms with Gasteiger partial charge in [-0.05, 0) is 24.3 Å². The lowest BCUT2D eigenvalue weighted by Gasteiger charge is -2.09. The van der Waals surface area contributed by atoms with Crippen LogP contribution in [0.1, 0.15) is 10.4 Å². The minimum absolute atomic E-state index is 0.0645. The Morgan fingerprint density at radius 3 is 2.52 bits per heavy atom. The number of thiophene rings is 1. The van der Waals surface area contributed by atoms with Gasteiger partial charge in [0, 0.05) is 11.4 Å². The maximum absolute atomic E-state index is 13.9. The van der Waals surface area contributed by atoms with Crippen LogP contribution in [-0.4, -0.2) is 13.5 Å². The van der Waals surface area contributed by atoms with Crippen molar-refractivity contribution in [2.45, 2.75) is 18.0 Å². The standard InChI is InChI=1S/C12H10ClF2NO3S2/c13-11-4-1-7(20-11)5-16-21(18,19)10-3-2-9(14)8(6-17)12(10)15/h1-4,16-17H,5-6H2. The molecule has 1 aromatic heterocycles. The van der Waals surface area contributed by atoms with Gasteiger partial charge in [-0.25, -0.2) is 21.9 Å². The monoisotopic (exact) mass is 353 g/mol. The van der Waals surface area contributed by atoms with E-state index in [1.165, 1.54) is 11.3 Å². The van der Waals surface area contributed by atoms with E-state index < -0.39 is 38.7 Å². The summed E-state index contributed by atoms with van der Waals surface area (Å²) in [7, 11) is -4.17. The van der Waals surface area contributed by atoms with Crippen LogP contribution in [0.25, 0.3) is 0 Å². The van der Waals surface area contributed by atoms with Gasteiger partial charge < -0.3 is 5.11 Å². The zero-order chi connectivity index (χ0) is 15.6. The first-order valence-electron chi connectivity index (χ1n) is 5.67. The first-order valence-corrected chi connectivity index (χ1v) is 8.34. The number of benzene rings is 1. The van der Waals surface area contributed by atoms with Crippen molar-refractivity contribution in [3.05, 3.63) is 50.7 Å². The van der Waals surface area contributed by atoms with E-state index in [0.717, 1.165) is 12.1 Å². The number of aliphatic hydroxyl groups is 1. The molecule has 114 valence electrons. The smallest absolute Gasteiger partial charge is 0.243 e. The fourth-order valence-corrected chi connectivity index (χ4v) is 3.85. The molecule has 0 saturated carbocycles. The highest BCUT2D eigenvalue weighted by Crippen LogP contribution is 2.23. The first-order chi connectivity index (χ1) is 9.85. The molecule has 1 heterocycles. The van der Waals surface area contributed by atoms with E-state index >= 15 is 0 Å². The Balaban J connectivity index is 2.27. The molecule has 0 saturated heterocycles. The molecule has 0 amide bonds. The Morgan fingerprint density at radius 1 is 1.24 bits per heavy atom. The van der Waals surface area contributed by atoms with Crippen molar-refractivity contribution in [1.82, 2.24) is 4.72 Å². The van der Waals surface area contributed by atoms with Crippen molar-refractivity contribution in [1.29, 1.82) is 0 Å². The summed E-state index contributed by atoms with van der Waals surface area (Å²) in [6.45, 7) is -0.993. The maximum atomic E-state index is 13.9. The molecule has 0 atom stereocenters. The van der Waals surface area contributed by atoms with Crippen LogP contribution < -0.4 is 4.72 Å². The highest BCUT2D eigenvalue weighted by molar-refractivity contribution is 7.89. The van der Waals surface area contributed by atoms with E-state index in [1.807, 2.05) is 0 Å². The molecule has 21 heavy (non-hydrogen) atoms. The molecule has 0 bridgehead atoms. The molecular formula is C12H10ClF2NO3S2. The highest BCUT2D eigenvalue weighted by atomic mass is 35.5. The second-order valence-corrected chi connectivity index (χ2v) is 7.56. The third-order valence-corrected chi connectivity index (χ3v) is 5.31. The molecule has 2 rings (SSSR count). The van der Waals surface area contributed by atoms with Crippen LogP contribution in [-0.2, 0) is 23.2 Å². The lowest BCUT2D eigenvalue weighted by Crippen LogP contribution is -2.24. The van der Waals surface area contributed by atoms with Crippen LogP contribution in [0.4, 0.5) is 8.78 Å². The molecule has 0 aliphatic carbocycles. The van der Waals surface area contributed by atoms with Gasteiger partial charge in [-0.15, -0.1) is 11.3 Å². The summed E-state index contributed by atoms with van der Waals surface area (Å²) < 4.78 is 53.9. The number of hydrogen-bond acceptors (Lipinski definition) is 4. The van der Waals surface area contributed by atoms with Crippen LogP contribution in [0.5, 0.6) is 0 Å². The lowest BCUT2D eigenvalue weighted by molar-refractivity contribution is 0.267. The van der Waals surface area contributed by atoms with Gasteiger partial charge in [-0.1, -0.05) is 11.6 Å². The average molecular weight is 354 g/mol. The van der Waals surface area contributed by atoms with Gasteiger partial charge in [-0.3, -0.25) is 0 Å². The summed E-state index contributed by atoms with van der Waals surface area (Å²) in [5, 5.41) is 8.89. The van der Waals surface area contributed by atoms with E-state index in [4.69, 9.17) is 16.7 Å². The van der Waals surface area contributed by atoms with Gasteiger partial charge >= 0.3 is 0 Å². The zero-order valence-electron chi connectivity index (χ0n) is 10.4. The maximum Gasteiger partial charge on any atom is 0.243 e. The van der Waals surface area contributed by atoms with Gasteiger partial charge in [0.25, 0.3) is 0 Å². The summed E-state index contributed by atoms with van der Waals surface area (Å²) in [6.07, 6.45) is 0. The molecule has 4 nitrogen and oxygen atoms in total. The molecule has 2 aromatic rings. The Kier molecular flexibility index (Phi) is 4.95. The van der Waals surface area contributed by atoms with Crippen LogP contribution in [0.2, 0.25) is 4.34 Å². The summed E-state index contributed by atoms with van der Waals surface area (Å²) in [5.74, 6) is -2.30. The van der Waals surface area contributed by atoms with E-state index in [-0.39, 0.29) is 6.54 Å². The number of aliphatic hydroxyl groups excluding tert-OH is 1. The molecule has 1 aromatic carbocycles. The second-order valence-electron chi connectivity index (χ2n) is 4.03. The van der Waals surface area contributed by atoms with Crippen molar-refractivity contribution >= 4 is 33.0 Å². The molecule has 0 unspecified atom stereocenters. The Bertz CT molecular complexity index is 762. The Labute approximate surface area is 129 Å². The number of nitrogens with one attached hydrogen (secondary N) is 1. The molecule has 0 aliphatic rings. The molecule has 9 heteroatoms. The van der Waals surface area contributed by atoms with E-state index in [9.17, 15) is 17.2 Å². The summed E-state index contributed by atoms with van der Waals surface area (Å²) >= 11 is 6.90. The lowest BCUT2D eigenvalue weighted by atomic mass is 10.2. The topological polar surface area (TPSA) is 66.4 Å². The van der Waals surface area contributed by atoms with Crippen LogP contribution >= 0.6 is 22.9 Å². The molecular weight excluding hydrogens is 344 g/mol. The normalized spacial score (nSPS) is 11.8. The summed E-state index contributed by atoms with van der Waals surface area (Å²) in [6, 6.07) is 4.85. The predicted octanol–water partition coefficient (Wildman–Crippen LogP) is 2.65. The Hall–Kier alpha value is -1.06. The van der Waals surface area contributed by atoms with Gasteiger partial charge in [0.1, 0.15) is 10.7 Å². The van der Waals surface area contributed by atoms with Crippen molar-refractivity contribution < 1.29 is 22.3 Å². The number of hydrogen-bond donors (Lipinski definition) is 2. The molecule has 0 radical (unpaired) electrons. The van der Waals surface area contributed by atoms with Gasteiger partial charge in [0.05, 0.1) is 16.5 Å². The van der Waals surface area contributed by atoms with Crippen molar-refractivity contribution in [3.63, 3.8) is 0 Å². The third-order valence-electron chi connectivity index (χ3n) is 2.66. The van der Waals surface area contributed by atoms with Crippen molar-refractivity contribution in [2.24, 2.45) is 0 Å².